The number of aliphatic imine (C=N–C) groups is 1. The molecule has 1 aromatic carbocycles. The van der Waals surface area contributed by atoms with Crippen molar-refractivity contribution < 1.29 is 9.35 Å². The van der Waals surface area contributed by atoms with E-state index >= 15 is 0 Å². The lowest BCUT2D eigenvalue weighted by Gasteiger charge is -2.17. The Balaban J connectivity index is 2.67. The lowest BCUT2D eigenvalue weighted by atomic mass is 10.2. The zero-order valence-electron chi connectivity index (χ0n) is 10.7. The summed E-state index contributed by atoms with van der Waals surface area (Å²) < 4.78 is 5.56. The van der Waals surface area contributed by atoms with Crippen molar-refractivity contribution in [3.8, 4) is 0 Å². The minimum atomic E-state index is -1.68. The van der Waals surface area contributed by atoms with E-state index < -0.39 is 13.2 Å². The molecule has 0 unspecified atom stereocenters. The highest BCUT2D eigenvalue weighted by Crippen LogP contribution is 2.12. The van der Waals surface area contributed by atoms with Crippen LogP contribution >= 0.6 is 0 Å². The molecule has 1 aromatic rings. The van der Waals surface area contributed by atoms with Crippen molar-refractivity contribution in [1.82, 2.24) is 0 Å². The van der Waals surface area contributed by atoms with Crippen LogP contribution in [-0.4, -0.2) is 19.5 Å². The van der Waals surface area contributed by atoms with Gasteiger partial charge >= 0.3 is 0 Å². The van der Waals surface area contributed by atoms with Crippen LogP contribution < -0.4 is 0 Å². The second kappa shape index (κ2) is 5.59. The Bertz CT molecular complexity index is 475. The number of nitrogens with zero attached hydrogens (tertiary/aromatic N) is 2. The fraction of sp³-hybridized carbons (Fsp3) is 0.250. The SMILES string of the molecule is C=C(/N=C/c1ccc([N+](=O)[O-])cc1)O[Si](C)(C)C. The predicted molar refractivity (Wildman–Crippen MR) is 74.3 cm³/mol. The summed E-state index contributed by atoms with van der Waals surface area (Å²) in [5.74, 6) is 0.368. The molecule has 0 aliphatic heterocycles. The van der Waals surface area contributed by atoms with Gasteiger partial charge in [-0.15, -0.1) is 0 Å². The van der Waals surface area contributed by atoms with Crippen LogP contribution in [0.4, 0.5) is 5.69 Å². The molecule has 0 N–H and O–H groups in total. The zero-order chi connectivity index (χ0) is 13.8. The molecule has 18 heavy (non-hydrogen) atoms. The number of hydrogen-bond donors (Lipinski definition) is 0. The summed E-state index contributed by atoms with van der Waals surface area (Å²) in [5, 5.41) is 10.5. The van der Waals surface area contributed by atoms with Gasteiger partial charge in [-0.05, 0) is 43.9 Å². The number of nitro groups is 1. The van der Waals surface area contributed by atoms with E-state index in [1.807, 2.05) is 19.6 Å². The third-order valence-electron chi connectivity index (χ3n) is 1.89. The van der Waals surface area contributed by atoms with Crippen molar-refractivity contribution in [2.45, 2.75) is 19.6 Å². The van der Waals surface area contributed by atoms with Gasteiger partial charge < -0.3 is 4.43 Å². The maximum Gasteiger partial charge on any atom is 0.269 e. The number of hydrogen-bond acceptors (Lipinski definition) is 4. The molecule has 0 bridgehead atoms. The average molecular weight is 264 g/mol. The molecule has 0 aliphatic rings. The summed E-state index contributed by atoms with van der Waals surface area (Å²) >= 11 is 0. The van der Waals surface area contributed by atoms with Crippen LogP contribution in [0.15, 0.2) is 41.7 Å². The number of benzene rings is 1. The van der Waals surface area contributed by atoms with Gasteiger partial charge in [0.25, 0.3) is 5.69 Å². The average Bonchev–Trinajstić information content (AvgIpc) is 2.24. The Morgan fingerprint density at radius 3 is 2.39 bits per heavy atom. The van der Waals surface area contributed by atoms with Gasteiger partial charge in [0, 0.05) is 18.3 Å². The van der Waals surface area contributed by atoms with Crippen molar-refractivity contribution >= 4 is 20.2 Å². The normalized spacial score (nSPS) is 11.5. The second-order valence-corrected chi connectivity index (χ2v) is 9.14. The zero-order valence-corrected chi connectivity index (χ0v) is 11.7. The van der Waals surface area contributed by atoms with Gasteiger partial charge in [0.1, 0.15) is 0 Å². The van der Waals surface area contributed by atoms with Gasteiger partial charge in [-0.25, -0.2) is 4.99 Å². The Labute approximate surface area is 107 Å². The van der Waals surface area contributed by atoms with Gasteiger partial charge in [0.05, 0.1) is 4.92 Å². The largest absolute Gasteiger partial charge is 0.532 e. The first kappa shape index (κ1) is 14.1. The van der Waals surface area contributed by atoms with Crippen LogP contribution in [0.2, 0.25) is 19.6 Å². The molecule has 5 nitrogen and oxygen atoms in total. The molecule has 0 heterocycles. The molecule has 0 aliphatic carbocycles. The maximum atomic E-state index is 10.5. The van der Waals surface area contributed by atoms with Crippen LogP contribution in [0, 0.1) is 10.1 Å². The molecular weight excluding hydrogens is 248 g/mol. The third kappa shape index (κ3) is 4.92. The molecule has 0 amide bonds. The Hall–Kier alpha value is -1.95. The van der Waals surface area contributed by atoms with Crippen LogP contribution in [0.25, 0.3) is 0 Å². The molecule has 0 spiro atoms. The Morgan fingerprint density at radius 1 is 1.39 bits per heavy atom. The molecule has 6 heteroatoms. The van der Waals surface area contributed by atoms with Gasteiger partial charge in [-0.2, -0.15) is 0 Å². The van der Waals surface area contributed by atoms with Crippen molar-refractivity contribution in [1.29, 1.82) is 0 Å². The summed E-state index contributed by atoms with van der Waals surface area (Å²) in [4.78, 5) is 14.1. The molecular formula is C12H16N2O3Si. The molecule has 0 atom stereocenters. The first-order chi connectivity index (χ1) is 8.28. The molecule has 96 valence electrons. The van der Waals surface area contributed by atoms with Crippen LogP contribution in [0.1, 0.15) is 5.56 Å². The summed E-state index contributed by atoms with van der Waals surface area (Å²) in [6, 6.07) is 6.12. The fourth-order valence-electron chi connectivity index (χ4n) is 1.21. The van der Waals surface area contributed by atoms with Crippen molar-refractivity contribution in [2.75, 3.05) is 0 Å². The van der Waals surface area contributed by atoms with Crippen molar-refractivity contribution in [3.05, 3.63) is 52.4 Å². The highest BCUT2D eigenvalue weighted by molar-refractivity contribution is 6.70. The summed E-state index contributed by atoms with van der Waals surface area (Å²) in [5.41, 5.74) is 0.824. The van der Waals surface area contributed by atoms with Crippen LogP contribution in [-0.2, 0) is 4.43 Å². The van der Waals surface area contributed by atoms with E-state index in [4.69, 9.17) is 4.43 Å². The second-order valence-electron chi connectivity index (χ2n) is 4.72. The van der Waals surface area contributed by atoms with Crippen LogP contribution in [0.5, 0.6) is 0 Å². The van der Waals surface area contributed by atoms with Gasteiger partial charge in [0.2, 0.25) is 8.32 Å². The molecule has 0 saturated heterocycles. The van der Waals surface area contributed by atoms with E-state index in [0.717, 1.165) is 5.56 Å². The van der Waals surface area contributed by atoms with Crippen LogP contribution in [0.3, 0.4) is 0 Å². The van der Waals surface area contributed by atoms with Crippen molar-refractivity contribution in [3.63, 3.8) is 0 Å². The highest BCUT2D eigenvalue weighted by atomic mass is 28.4. The van der Waals surface area contributed by atoms with Gasteiger partial charge in [-0.3, -0.25) is 10.1 Å². The molecule has 0 saturated carbocycles. The van der Waals surface area contributed by atoms with Gasteiger partial charge in [0.15, 0.2) is 5.88 Å². The third-order valence-corrected chi connectivity index (χ3v) is 2.73. The van der Waals surface area contributed by atoms with E-state index in [1.165, 1.54) is 12.1 Å². The lowest BCUT2D eigenvalue weighted by Crippen LogP contribution is -2.24. The topological polar surface area (TPSA) is 64.7 Å². The van der Waals surface area contributed by atoms with E-state index in [2.05, 4.69) is 11.6 Å². The summed E-state index contributed by atoms with van der Waals surface area (Å²) in [6.45, 7) is 9.83. The molecule has 0 aromatic heterocycles. The van der Waals surface area contributed by atoms with E-state index in [9.17, 15) is 10.1 Å². The molecule has 0 radical (unpaired) electrons. The molecule has 0 fully saturated rings. The number of nitro benzene ring substituents is 1. The first-order valence-corrected chi connectivity index (χ1v) is 8.85. The minimum Gasteiger partial charge on any atom is -0.532 e. The highest BCUT2D eigenvalue weighted by Gasteiger charge is 2.16. The Kier molecular flexibility index (Phi) is 4.38. The maximum absolute atomic E-state index is 10.5. The quantitative estimate of drug-likeness (QED) is 0.269. The first-order valence-electron chi connectivity index (χ1n) is 5.44. The predicted octanol–water partition coefficient (Wildman–Crippen LogP) is 3.34. The number of non-ortho nitro benzene ring substituents is 1. The van der Waals surface area contributed by atoms with Gasteiger partial charge in [-0.1, -0.05) is 0 Å². The Morgan fingerprint density at radius 2 is 1.94 bits per heavy atom. The lowest BCUT2D eigenvalue weighted by molar-refractivity contribution is -0.384. The number of rotatable bonds is 5. The minimum absolute atomic E-state index is 0.0596. The van der Waals surface area contributed by atoms with E-state index in [-0.39, 0.29) is 5.69 Å². The standard InChI is InChI=1S/C12H16N2O3Si/c1-10(17-18(2,3)4)13-9-11-5-7-12(8-6-11)14(15)16/h5-9H,1H2,2-4H3/b13-9+. The summed E-state index contributed by atoms with van der Waals surface area (Å²) in [6.07, 6.45) is 1.58. The van der Waals surface area contributed by atoms with E-state index in [0.29, 0.717) is 5.88 Å². The fourth-order valence-corrected chi connectivity index (χ4v) is 1.97. The van der Waals surface area contributed by atoms with Crippen molar-refractivity contribution in [2.24, 2.45) is 4.99 Å². The smallest absolute Gasteiger partial charge is 0.269 e. The molecule has 1 rings (SSSR count). The monoisotopic (exact) mass is 264 g/mol. The van der Waals surface area contributed by atoms with E-state index in [1.54, 1.807) is 18.3 Å². The summed E-state index contributed by atoms with van der Waals surface area (Å²) in [7, 11) is -1.68.